The maximum absolute atomic E-state index is 13.1. The summed E-state index contributed by atoms with van der Waals surface area (Å²) in [7, 11) is 0. The van der Waals surface area contributed by atoms with Crippen LogP contribution in [0, 0.1) is 17.8 Å². The maximum Gasteiger partial charge on any atom is 0.157 e. The number of aryl methyl sites for hydroxylation is 1. The van der Waals surface area contributed by atoms with Crippen LogP contribution in [0.4, 0.5) is 0 Å². The average molecular weight is 363 g/mol. The summed E-state index contributed by atoms with van der Waals surface area (Å²) in [6, 6.07) is 8.24. The second kappa shape index (κ2) is 9.12. The lowest BCUT2D eigenvalue weighted by atomic mass is 9.74. The largest absolute Gasteiger partial charge is 0.376 e. The highest BCUT2D eigenvalue weighted by atomic mass is 16.7. The molecule has 1 heterocycles. The fraction of sp³-hybridized carbons (Fsp3) is 0.682. The van der Waals surface area contributed by atoms with E-state index in [2.05, 4.69) is 19.1 Å². The van der Waals surface area contributed by atoms with Gasteiger partial charge in [-0.2, -0.15) is 0 Å². The number of carbonyl (C=O) groups excluding carboxylic acids is 1. The van der Waals surface area contributed by atoms with Crippen molar-refractivity contribution < 1.29 is 19.0 Å². The van der Waals surface area contributed by atoms with Gasteiger partial charge < -0.3 is 14.2 Å². The predicted molar refractivity (Wildman–Crippen MR) is 103 cm³/mol. The standard InChI is InChI=1S/C22H34O4/c1-17-9-8-10-18(13-17)14-24-15-21(2,3)20(23)22(4,5)16-26-19-11-6-7-12-25-19/h8-10,13,19H,6-7,11-12,14-16H2,1-5H3. The van der Waals surface area contributed by atoms with Crippen molar-refractivity contribution in [2.75, 3.05) is 19.8 Å². The molecule has 0 amide bonds. The number of ether oxygens (including phenoxy) is 3. The van der Waals surface area contributed by atoms with Gasteiger partial charge in [-0.05, 0) is 31.7 Å². The SMILES string of the molecule is Cc1cccc(COCC(C)(C)C(=O)C(C)(C)COC2CCCCO2)c1. The summed E-state index contributed by atoms with van der Waals surface area (Å²) in [5.74, 6) is 0.157. The van der Waals surface area contributed by atoms with Gasteiger partial charge in [-0.1, -0.05) is 57.5 Å². The third-order valence-corrected chi connectivity index (χ3v) is 4.81. The number of ketones is 1. The summed E-state index contributed by atoms with van der Waals surface area (Å²) in [6.45, 7) is 11.9. The molecule has 1 aliphatic rings. The topological polar surface area (TPSA) is 44.8 Å². The zero-order valence-electron chi connectivity index (χ0n) is 17.0. The summed E-state index contributed by atoms with van der Waals surface area (Å²) >= 11 is 0. The molecule has 1 fully saturated rings. The summed E-state index contributed by atoms with van der Waals surface area (Å²) in [4.78, 5) is 13.1. The molecule has 0 aliphatic carbocycles. The van der Waals surface area contributed by atoms with E-state index in [-0.39, 0.29) is 12.1 Å². The molecular formula is C22H34O4. The van der Waals surface area contributed by atoms with Crippen LogP contribution in [0.25, 0.3) is 0 Å². The van der Waals surface area contributed by atoms with Crippen molar-refractivity contribution in [3.63, 3.8) is 0 Å². The molecule has 0 spiro atoms. The van der Waals surface area contributed by atoms with Crippen LogP contribution in [0.1, 0.15) is 58.1 Å². The van der Waals surface area contributed by atoms with Crippen molar-refractivity contribution in [2.45, 2.75) is 66.8 Å². The van der Waals surface area contributed by atoms with Gasteiger partial charge in [0.05, 0.1) is 19.8 Å². The lowest BCUT2D eigenvalue weighted by Crippen LogP contribution is -2.43. The Kier molecular flexibility index (Phi) is 7.39. The van der Waals surface area contributed by atoms with Crippen LogP contribution in [0.3, 0.4) is 0 Å². The molecular weight excluding hydrogens is 328 g/mol. The van der Waals surface area contributed by atoms with Crippen LogP contribution in [0.2, 0.25) is 0 Å². The van der Waals surface area contributed by atoms with Gasteiger partial charge in [-0.25, -0.2) is 0 Å². The molecule has 1 unspecified atom stereocenters. The molecule has 0 aromatic heterocycles. The molecule has 146 valence electrons. The predicted octanol–water partition coefficient (Wildman–Crippen LogP) is 4.68. The van der Waals surface area contributed by atoms with E-state index in [0.717, 1.165) is 31.4 Å². The zero-order chi connectivity index (χ0) is 19.2. The molecule has 1 saturated heterocycles. The molecule has 2 rings (SSSR count). The van der Waals surface area contributed by atoms with Crippen LogP contribution >= 0.6 is 0 Å². The first-order chi connectivity index (χ1) is 12.2. The van der Waals surface area contributed by atoms with Crippen molar-refractivity contribution in [1.82, 2.24) is 0 Å². The highest BCUT2D eigenvalue weighted by molar-refractivity contribution is 5.89. The lowest BCUT2D eigenvalue weighted by Gasteiger charge is -2.34. The van der Waals surface area contributed by atoms with Gasteiger partial charge in [0.15, 0.2) is 6.29 Å². The molecule has 4 nitrogen and oxygen atoms in total. The summed E-state index contributed by atoms with van der Waals surface area (Å²) in [6.07, 6.45) is 2.95. The number of Topliss-reactive ketones (excluding diaryl/α,β-unsaturated/α-hetero) is 1. The van der Waals surface area contributed by atoms with E-state index in [9.17, 15) is 4.79 Å². The van der Waals surface area contributed by atoms with Crippen LogP contribution in [-0.2, 0) is 25.6 Å². The number of rotatable bonds is 9. The summed E-state index contributed by atoms with van der Waals surface area (Å²) < 4.78 is 17.3. The number of benzene rings is 1. The average Bonchev–Trinajstić information content (AvgIpc) is 2.60. The van der Waals surface area contributed by atoms with Crippen LogP contribution in [-0.4, -0.2) is 31.9 Å². The quantitative estimate of drug-likeness (QED) is 0.640. The van der Waals surface area contributed by atoms with Gasteiger partial charge in [-0.3, -0.25) is 4.79 Å². The fourth-order valence-corrected chi connectivity index (χ4v) is 3.42. The van der Waals surface area contributed by atoms with E-state index in [1.54, 1.807) is 0 Å². The highest BCUT2D eigenvalue weighted by Gasteiger charge is 2.40. The van der Waals surface area contributed by atoms with Crippen LogP contribution in [0.5, 0.6) is 0 Å². The second-order valence-corrected chi connectivity index (χ2v) is 8.69. The van der Waals surface area contributed by atoms with Gasteiger partial charge in [0, 0.05) is 17.4 Å². The Morgan fingerprint density at radius 1 is 1.15 bits per heavy atom. The molecule has 1 aliphatic heterocycles. The highest BCUT2D eigenvalue weighted by Crippen LogP contribution is 2.31. The molecule has 0 saturated carbocycles. The van der Waals surface area contributed by atoms with E-state index in [1.807, 2.05) is 39.8 Å². The van der Waals surface area contributed by atoms with Crippen molar-refractivity contribution in [1.29, 1.82) is 0 Å². The Hall–Kier alpha value is -1.23. The second-order valence-electron chi connectivity index (χ2n) is 8.69. The Balaban J connectivity index is 1.83. The van der Waals surface area contributed by atoms with Crippen molar-refractivity contribution in [3.8, 4) is 0 Å². The van der Waals surface area contributed by atoms with Crippen molar-refractivity contribution >= 4 is 5.78 Å². The monoisotopic (exact) mass is 362 g/mol. The molecule has 1 atom stereocenters. The van der Waals surface area contributed by atoms with Gasteiger partial charge in [0.2, 0.25) is 0 Å². The Morgan fingerprint density at radius 2 is 1.88 bits per heavy atom. The van der Waals surface area contributed by atoms with E-state index in [4.69, 9.17) is 14.2 Å². The molecule has 0 N–H and O–H groups in total. The van der Waals surface area contributed by atoms with E-state index >= 15 is 0 Å². The first-order valence-electron chi connectivity index (χ1n) is 9.62. The minimum Gasteiger partial charge on any atom is -0.376 e. The van der Waals surface area contributed by atoms with Gasteiger partial charge >= 0.3 is 0 Å². The van der Waals surface area contributed by atoms with Gasteiger partial charge in [0.25, 0.3) is 0 Å². The lowest BCUT2D eigenvalue weighted by molar-refractivity contribution is -0.181. The summed E-state index contributed by atoms with van der Waals surface area (Å²) in [5, 5.41) is 0. The molecule has 0 radical (unpaired) electrons. The number of hydrogen-bond acceptors (Lipinski definition) is 4. The molecule has 26 heavy (non-hydrogen) atoms. The smallest absolute Gasteiger partial charge is 0.157 e. The van der Waals surface area contributed by atoms with Crippen LogP contribution < -0.4 is 0 Å². The fourth-order valence-electron chi connectivity index (χ4n) is 3.42. The normalized spacial score (nSPS) is 18.7. The Bertz CT molecular complexity index is 586. The molecule has 1 aromatic rings. The van der Waals surface area contributed by atoms with Gasteiger partial charge in [0.1, 0.15) is 5.78 Å². The van der Waals surface area contributed by atoms with Crippen molar-refractivity contribution in [3.05, 3.63) is 35.4 Å². The minimum absolute atomic E-state index is 0.157. The van der Waals surface area contributed by atoms with Crippen molar-refractivity contribution in [2.24, 2.45) is 10.8 Å². The molecule has 4 heteroatoms. The van der Waals surface area contributed by atoms with Crippen LogP contribution in [0.15, 0.2) is 24.3 Å². The minimum atomic E-state index is -0.572. The van der Waals surface area contributed by atoms with E-state index in [0.29, 0.717) is 19.8 Å². The Morgan fingerprint density at radius 3 is 2.54 bits per heavy atom. The van der Waals surface area contributed by atoms with E-state index < -0.39 is 10.8 Å². The van der Waals surface area contributed by atoms with Gasteiger partial charge in [-0.15, -0.1) is 0 Å². The first kappa shape index (κ1) is 21.1. The van der Waals surface area contributed by atoms with E-state index in [1.165, 1.54) is 5.56 Å². The maximum atomic E-state index is 13.1. The number of hydrogen-bond donors (Lipinski definition) is 0. The molecule has 1 aromatic carbocycles. The molecule has 0 bridgehead atoms. The summed E-state index contributed by atoms with van der Waals surface area (Å²) in [5.41, 5.74) is 1.20. The first-order valence-corrected chi connectivity index (χ1v) is 9.62. The third-order valence-electron chi connectivity index (χ3n) is 4.81. The number of carbonyl (C=O) groups is 1. The zero-order valence-corrected chi connectivity index (χ0v) is 17.0. The Labute approximate surface area is 158 Å². The third kappa shape index (κ3) is 6.19.